The van der Waals surface area contributed by atoms with E-state index in [-0.39, 0.29) is 29.3 Å². The smallest absolute Gasteiger partial charge is 0.243 e. The summed E-state index contributed by atoms with van der Waals surface area (Å²) >= 11 is 5.93. The number of sulfonamides is 1. The Morgan fingerprint density at radius 1 is 1.26 bits per heavy atom. The molecule has 1 heterocycles. The van der Waals surface area contributed by atoms with Crippen molar-refractivity contribution in [3.05, 3.63) is 58.6 Å². The number of nitrogens with zero attached hydrogens (tertiary/aromatic N) is 1. The highest BCUT2D eigenvalue weighted by Crippen LogP contribution is 2.28. The third-order valence-electron chi connectivity index (χ3n) is 5.57. The summed E-state index contributed by atoms with van der Waals surface area (Å²) in [5.74, 6) is 0.154. The molecule has 1 amide bonds. The summed E-state index contributed by atoms with van der Waals surface area (Å²) < 4.78 is 33.3. The molecule has 0 aromatic heterocycles. The van der Waals surface area contributed by atoms with Crippen LogP contribution in [0.2, 0.25) is 5.02 Å². The number of halogens is 1. The largest absolute Gasteiger partial charge is 0.494 e. The molecule has 0 aliphatic carbocycles. The highest BCUT2D eigenvalue weighted by atomic mass is 35.5. The van der Waals surface area contributed by atoms with Gasteiger partial charge in [-0.05, 0) is 75.1 Å². The van der Waals surface area contributed by atoms with Crippen LogP contribution in [0.3, 0.4) is 0 Å². The van der Waals surface area contributed by atoms with Crippen LogP contribution in [-0.2, 0) is 14.8 Å². The summed E-state index contributed by atoms with van der Waals surface area (Å²) in [6.45, 7) is 6.72. The molecule has 31 heavy (non-hydrogen) atoms. The lowest BCUT2D eigenvalue weighted by Crippen LogP contribution is -2.45. The minimum atomic E-state index is -3.68. The number of rotatable bonds is 7. The zero-order valence-electron chi connectivity index (χ0n) is 18.1. The van der Waals surface area contributed by atoms with Crippen LogP contribution in [0.15, 0.2) is 47.4 Å². The Labute approximate surface area is 189 Å². The van der Waals surface area contributed by atoms with Gasteiger partial charge in [0.1, 0.15) is 5.75 Å². The molecule has 1 aliphatic rings. The summed E-state index contributed by atoms with van der Waals surface area (Å²) in [5.41, 5.74) is 1.72. The molecular formula is C23H29ClN2O4S. The van der Waals surface area contributed by atoms with E-state index in [4.69, 9.17) is 16.3 Å². The number of hydrogen-bond donors (Lipinski definition) is 1. The number of ether oxygens (including phenoxy) is 1. The molecule has 8 heteroatoms. The Balaban J connectivity index is 1.69. The Bertz CT molecular complexity index is 1020. The molecule has 0 saturated carbocycles. The normalized spacial score (nSPS) is 18.4. The number of amides is 1. The monoisotopic (exact) mass is 464 g/mol. The molecule has 168 valence electrons. The number of piperidine rings is 1. The van der Waals surface area contributed by atoms with Crippen molar-refractivity contribution < 1.29 is 17.9 Å². The molecule has 0 bridgehead atoms. The van der Waals surface area contributed by atoms with Crippen LogP contribution >= 0.6 is 11.6 Å². The van der Waals surface area contributed by atoms with E-state index in [1.165, 1.54) is 4.31 Å². The van der Waals surface area contributed by atoms with Crippen LogP contribution in [-0.4, -0.2) is 38.3 Å². The molecule has 6 nitrogen and oxygen atoms in total. The van der Waals surface area contributed by atoms with Crippen molar-refractivity contribution in [3.8, 4) is 5.75 Å². The lowest BCUT2D eigenvalue weighted by atomic mass is 9.98. The average molecular weight is 465 g/mol. The summed E-state index contributed by atoms with van der Waals surface area (Å²) in [7, 11) is -3.68. The van der Waals surface area contributed by atoms with Crippen LogP contribution in [0, 0.1) is 12.8 Å². The fourth-order valence-corrected chi connectivity index (χ4v) is 5.53. The SMILES string of the molecule is CCOc1ccc(S(=O)(=O)N2CCCC(C(=O)NC(C)c3ccc(Cl)cc3)C2)cc1C. The summed E-state index contributed by atoms with van der Waals surface area (Å²) in [6, 6.07) is 12.0. The van der Waals surface area contributed by atoms with Gasteiger partial charge in [-0.1, -0.05) is 23.7 Å². The Kier molecular flexibility index (Phi) is 7.62. The zero-order chi connectivity index (χ0) is 22.6. The minimum absolute atomic E-state index is 0.134. The number of benzene rings is 2. The summed E-state index contributed by atoms with van der Waals surface area (Å²) in [6.07, 6.45) is 1.30. The molecule has 1 saturated heterocycles. The molecule has 0 radical (unpaired) electrons. The molecule has 1 fully saturated rings. The molecule has 2 unspecified atom stereocenters. The molecule has 1 aliphatic heterocycles. The van der Waals surface area contributed by atoms with Gasteiger partial charge in [-0.15, -0.1) is 0 Å². The van der Waals surface area contributed by atoms with Crippen molar-refractivity contribution in [2.45, 2.75) is 44.6 Å². The molecule has 2 aromatic carbocycles. The molecule has 2 atom stereocenters. The van der Waals surface area contributed by atoms with Crippen LogP contribution in [0.1, 0.15) is 43.9 Å². The van der Waals surface area contributed by atoms with Crippen molar-refractivity contribution in [3.63, 3.8) is 0 Å². The Hall–Kier alpha value is -2.09. The highest BCUT2D eigenvalue weighted by Gasteiger charge is 2.34. The topological polar surface area (TPSA) is 75.7 Å². The lowest BCUT2D eigenvalue weighted by molar-refractivity contribution is -0.126. The lowest BCUT2D eigenvalue weighted by Gasteiger charge is -2.32. The van der Waals surface area contributed by atoms with Gasteiger partial charge in [0.2, 0.25) is 15.9 Å². The summed E-state index contributed by atoms with van der Waals surface area (Å²) in [4.78, 5) is 13.1. The van der Waals surface area contributed by atoms with Gasteiger partial charge in [0.05, 0.1) is 23.5 Å². The fourth-order valence-electron chi connectivity index (χ4n) is 3.79. The third-order valence-corrected chi connectivity index (χ3v) is 7.68. The van der Waals surface area contributed by atoms with Gasteiger partial charge in [-0.3, -0.25) is 4.79 Å². The van der Waals surface area contributed by atoms with E-state index in [1.54, 1.807) is 30.3 Å². The van der Waals surface area contributed by atoms with Gasteiger partial charge >= 0.3 is 0 Å². The van der Waals surface area contributed by atoms with Crippen molar-refractivity contribution in [2.75, 3.05) is 19.7 Å². The maximum Gasteiger partial charge on any atom is 0.243 e. The summed E-state index contributed by atoms with van der Waals surface area (Å²) in [5, 5.41) is 3.65. The minimum Gasteiger partial charge on any atom is -0.494 e. The van der Waals surface area contributed by atoms with Gasteiger partial charge in [-0.2, -0.15) is 4.31 Å². The predicted octanol–water partition coefficient (Wildman–Crippen LogP) is 4.33. The van der Waals surface area contributed by atoms with E-state index in [0.717, 1.165) is 11.1 Å². The fraction of sp³-hybridized carbons (Fsp3) is 0.435. The van der Waals surface area contributed by atoms with Gasteiger partial charge in [0.15, 0.2) is 0 Å². The quantitative estimate of drug-likeness (QED) is 0.661. The van der Waals surface area contributed by atoms with Crippen LogP contribution < -0.4 is 10.1 Å². The second-order valence-corrected chi connectivity index (χ2v) is 10.2. The maximum absolute atomic E-state index is 13.2. The maximum atomic E-state index is 13.2. The molecule has 2 aromatic rings. The average Bonchev–Trinajstić information content (AvgIpc) is 2.75. The van der Waals surface area contributed by atoms with E-state index in [1.807, 2.05) is 32.9 Å². The molecule has 1 N–H and O–H groups in total. The molecular weight excluding hydrogens is 436 g/mol. The number of hydrogen-bond acceptors (Lipinski definition) is 4. The molecule has 3 rings (SSSR count). The number of nitrogens with one attached hydrogen (secondary N) is 1. The van der Waals surface area contributed by atoms with Crippen LogP contribution in [0.4, 0.5) is 0 Å². The first-order chi connectivity index (χ1) is 14.7. The van der Waals surface area contributed by atoms with Gasteiger partial charge in [0.25, 0.3) is 0 Å². The van der Waals surface area contributed by atoms with E-state index < -0.39 is 10.0 Å². The van der Waals surface area contributed by atoms with E-state index in [2.05, 4.69) is 5.32 Å². The highest BCUT2D eigenvalue weighted by molar-refractivity contribution is 7.89. The van der Waals surface area contributed by atoms with Crippen molar-refractivity contribution in [2.24, 2.45) is 5.92 Å². The first kappa shape index (κ1) is 23.6. The zero-order valence-corrected chi connectivity index (χ0v) is 19.7. The van der Waals surface area contributed by atoms with Gasteiger partial charge < -0.3 is 10.1 Å². The van der Waals surface area contributed by atoms with Gasteiger partial charge in [0, 0.05) is 18.1 Å². The molecule has 0 spiro atoms. The van der Waals surface area contributed by atoms with Crippen molar-refractivity contribution in [1.29, 1.82) is 0 Å². The predicted molar refractivity (Wildman–Crippen MR) is 122 cm³/mol. The van der Waals surface area contributed by atoms with Crippen LogP contribution in [0.5, 0.6) is 5.75 Å². The first-order valence-corrected chi connectivity index (χ1v) is 12.3. The standard InChI is InChI=1S/C23H29ClN2O4S/c1-4-30-22-12-11-21(14-16(22)2)31(28,29)26-13-5-6-19(15-26)23(27)25-17(3)18-7-9-20(24)10-8-18/h7-12,14,17,19H,4-6,13,15H2,1-3H3,(H,25,27). The van der Waals surface area contributed by atoms with Crippen LogP contribution in [0.25, 0.3) is 0 Å². The number of carbonyl (C=O) groups excluding carboxylic acids is 1. The van der Waals surface area contributed by atoms with E-state index >= 15 is 0 Å². The Morgan fingerprint density at radius 3 is 2.61 bits per heavy atom. The first-order valence-electron chi connectivity index (χ1n) is 10.5. The second kappa shape index (κ2) is 10.0. The van der Waals surface area contributed by atoms with Crippen molar-refractivity contribution in [1.82, 2.24) is 9.62 Å². The van der Waals surface area contributed by atoms with E-state index in [9.17, 15) is 13.2 Å². The van der Waals surface area contributed by atoms with Crippen molar-refractivity contribution >= 4 is 27.5 Å². The second-order valence-electron chi connectivity index (χ2n) is 7.84. The Morgan fingerprint density at radius 2 is 1.97 bits per heavy atom. The third kappa shape index (κ3) is 5.59. The number of aryl methyl sites for hydroxylation is 1. The van der Waals surface area contributed by atoms with Gasteiger partial charge in [-0.25, -0.2) is 8.42 Å². The number of carbonyl (C=O) groups is 1. The van der Waals surface area contributed by atoms with E-state index in [0.29, 0.717) is 36.8 Å².